The highest BCUT2D eigenvalue weighted by Gasteiger charge is 2.07. The molecule has 6 heteroatoms. The van der Waals surface area contributed by atoms with Gasteiger partial charge in [-0.2, -0.15) is 0 Å². The molecule has 0 unspecified atom stereocenters. The zero-order valence-corrected chi connectivity index (χ0v) is 11.2. The number of thiazole rings is 1. The van der Waals surface area contributed by atoms with Crippen LogP contribution in [0.2, 0.25) is 0 Å². The van der Waals surface area contributed by atoms with Gasteiger partial charge in [0.15, 0.2) is 0 Å². The largest absolute Gasteiger partial charge is 0.331 e. The quantitative estimate of drug-likeness (QED) is 0.835. The molecule has 5 nitrogen and oxygen atoms in total. The van der Waals surface area contributed by atoms with Gasteiger partial charge in [0.2, 0.25) is 0 Å². The van der Waals surface area contributed by atoms with Gasteiger partial charge in [0.25, 0.3) is 5.56 Å². The Balaban J connectivity index is 2.40. The van der Waals surface area contributed by atoms with Crippen LogP contribution in [0.3, 0.4) is 0 Å². The zero-order chi connectivity index (χ0) is 13.1. The fourth-order valence-corrected chi connectivity index (χ4v) is 2.36. The van der Waals surface area contributed by atoms with Crippen LogP contribution < -0.4 is 11.2 Å². The molecule has 96 valence electrons. The van der Waals surface area contributed by atoms with Gasteiger partial charge < -0.3 is 4.57 Å². The Bertz CT molecular complexity index is 654. The van der Waals surface area contributed by atoms with Crippen molar-refractivity contribution in [3.63, 3.8) is 0 Å². The van der Waals surface area contributed by atoms with E-state index in [1.807, 2.05) is 19.2 Å². The molecule has 0 amide bonds. The molecule has 2 heterocycles. The Morgan fingerprint density at radius 1 is 1.39 bits per heavy atom. The van der Waals surface area contributed by atoms with Gasteiger partial charge in [0.05, 0.1) is 17.2 Å². The maximum atomic E-state index is 12.1. The van der Waals surface area contributed by atoms with Crippen molar-refractivity contribution in [2.75, 3.05) is 0 Å². The lowest BCUT2D eigenvalue weighted by Gasteiger charge is -2.07. The molecule has 2 aromatic rings. The minimum atomic E-state index is -0.280. The normalized spacial score (nSPS) is 10.8. The second kappa shape index (κ2) is 5.30. The lowest BCUT2D eigenvalue weighted by atomic mass is 10.4. The third kappa shape index (κ3) is 2.59. The first-order chi connectivity index (χ1) is 8.61. The van der Waals surface area contributed by atoms with Crippen molar-refractivity contribution >= 4 is 11.3 Å². The summed E-state index contributed by atoms with van der Waals surface area (Å²) < 4.78 is 2.78. The smallest absolute Gasteiger partial charge is 0.300 e. The maximum Gasteiger partial charge on any atom is 0.331 e. The number of rotatable bonds is 4. The number of aromatic nitrogens is 3. The Kier molecular flexibility index (Phi) is 3.76. The molecule has 2 rings (SSSR count). The number of hydrogen-bond acceptors (Lipinski definition) is 4. The average Bonchev–Trinajstić information content (AvgIpc) is 2.74. The molecule has 0 N–H and O–H groups in total. The van der Waals surface area contributed by atoms with Crippen molar-refractivity contribution in [3.8, 4) is 0 Å². The third-order valence-electron chi connectivity index (χ3n) is 2.59. The van der Waals surface area contributed by atoms with Crippen molar-refractivity contribution in [2.24, 2.45) is 0 Å². The van der Waals surface area contributed by atoms with Gasteiger partial charge in [0, 0.05) is 24.2 Å². The summed E-state index contributed by atoms with van der Waals surface area (Å²) in [6.07, 6.45) is 2.41. The highest BCUT2D eigenvalue weighted by atomic mass is 32.1. The van der Waals surface area contributed by atoms with Crippen LogP contribution in [0.15, 0.2) is 27.2 Å². The van der Waals surface area contributed by atoms with Crippen molar-refractivity contribution in [1.82, 2.24) is 14.1 Å². The van der Waals surface area contributed by atoms with Crippen LogP contribution >= 0.6 is 11.3 Å². The van der Waals surface area contributed by atoms with Crippen LogP contribution in [0.1, 0.15) is 24.0 Å². The summed E-state index contributed by atoms with van der Waals surface area (Å²) in [6, 6.07) is 1.43. The van der Waals surface area contributed by atoms with Crippen LogP contribution in [0.5, 0.6) is 0 Å². The summed E-state index contributed by atoms with van der Waals surface area (Å²) in [5.41, 5.74) is 0.207. The van der Waals surface area contributed by atoms with Crippen LogP contribution in [-0.2, 0) is 13.1 Å². The van der Waals surface area contributed by atoms with E-state index in [4.69, 9.17) is 0 Å². The molecule has 0 aliphatic rings. The summed E-state index contributed by atoms with van der Waals surface area (Å²) in [5.74, 6) is 0. The Hall–Kier alpha value is -1.69. The van der Waals surface area contributed by atoms with Crippen LogP contribution in [0.4, 0.5) is 0 Å². The van der Waals surface area contributed by atoms with Crippen LogP contribution in [0.25, 0.3) is 0 Å². The summed E-state index contributed by atoms with van der Waals surface area (Å²) >= 11 is 1.51. The first-order valence-corrected chi connectivity index (χ1v) is 6.71. The summed E-state index contributed by atoms with van der Waals surface area (Å²) in [5, 5.41) is 2.81. The summed E-state index contributed by atoms with van der Waals surface area (Å²) in [7, 11) is 0. The Morgan fingerprint density at radius 3 is 2.78 bits per heavy atom. The molecule has 18 heavy (non-hydrogen) atoms. The molecule has 0 saturated carbocycles. The van der Waals surface area contributed by atoms with E-state index >= 15 is 0 Å². The van der Waals surface area contributed by atoms with Crippen molar-refractivity contribution in [3.05, 3.63) is 49.2 Å². The minimum absolute atomic E-state index is 0.243. The molecule has 0 aliphatic carbocycles. The maximum absolute atomic E-state index is 12.1. The highest BCUT2D eigenvalue weighted by molar-refractivity contribution is 7.09. The number of nitrogens with zero attached hydrogens (tertiary/aromatic N) is 3. The van der Waals surface area contributed by atoms with Crippen molar-refractivity contribution < 1.29 is 0 Å². The van der Waals surface area contributed by atoms with Gasteiger partial charge in [-0.1, -0.05) is 6.92 Å². The van der Waals surface area contributed by atoms with Crippen LogP contribution in [-0.4, -0.2) is 14.1 Å². The highest BCUT2D eigenvalue weighted by Crippen LogP contribution is 2.07. The van der Waals surface area contributed by atoms with Gasteiger partial charge in [-0.25, -0.2) is 9.78 Å². The first-order valence-electron chi connectivity index (χ1n) is 5.83. The minimum Gasteiger partial charge on any atom is -0.300 e. The van der Waals surface area contributed by atoms with E-state index in [0.717, 1.165) is 17.1 Å². The van der Waals surface area contributed by atoms with Crippen molar-refractivity contribution in [1.29, 1.82) is 0 Å². The zero-order valence-electron chi connectivity index (χ0n) is 10.4. The van der Waals surface area contributed by atoms with E-state index < -0.39 is 0 Å². The summed E-state index contributed by atoms with van der Waals surface area (Å²) in [6.45, 7) is 4.75. The third-order valence-corrected chi connectivity index (χ3v) is 3.41. The number of aryl methyl sites for hydroxylation is 2. The van der Waals surface area contributed by atoms with Gasteiger partial charge in [-0.3, -0.25) is 9.36 Å². The number of hydrogen-bond donors (Lipinski definition) is 0. The van der Waals surface area contributed by atoms with Gasteiger partial charge in [-0.15, -0.1) is 11.3 Å². The molecule has 0 aliphatic heterocycles. The molecule has 0 bridgehead atoms. The standard InChI is InChI=1S/C12H15N3O2S/c1-3-5-14-6-4-11(16)15(12(14)17)7-10-8-18-9(2)13-10/h4,6,8H,3,5,7H2,1-2H3. The molecule has 0 atom stereocenters. The van der Waals surface area contributed by atoms with Crippen LogP contribution in [0, 0.1) is 6.92 Å². The van der Waals surface area contributed by atoms with Crippen molar-refractivity contribution in [2.45, 2.75) is 33.4 Å². The van der Waals surface area contributed by atoms with E-state index in [9.17, 15) is 9.59 Å². The summed E-state index contributed by atoms with van der Waals surface area (Å²) in [4.78, 5) is 28.1. The van der Waals surface area contributed by atoms with E-state index in [1.165, 1.54) is 22.0 Å². The van der Waals surface area contributed by atoms with E-state index in [2.05, 4.69) is 4.98 Å². The second-order valence-corrected chi connectivity index (χ2v) is 5.14. The molecular formula is C12H15N3O2S. The molecule has 2 aromatic heterocycles. The van der Waals surface area contributed by atoms with Gasteiger partial charge >= 0.3 is 5.69 Å². The second-order valence-electron chi connectivity index (χ2n) is 4.07. The lowest BCUT2D eigenvalue weighted by molar-refractivity contribution is 0.567. The molecule has 0 saturated heterocycles. The monoisotopic (exact) mass is 265 g/mol. The predicted molar refractivity (Wildman–Crippen MR) is 71.2 cm³/mol. The lowest BCUT2D eigenvalue weighted by Crippen LogP contribution is -2.39. The average molecular weight is 265 g/mol. The molecule has 0 aromatic carbocycles. The Labute approximate surface area is 108 Å². The fraction of sp³-hybridized carbons (Fsp3) is 0.417. The molecular weight excluding hydrogens is 250 g/mol. The van der Waals surface area contributed by atoms with E-state index in [0.29, 0.717) is 6.54 Å². The molecule has 0 spiro atoms. The molecule has 0 radical (unpaired) electrons. The molecule has 0 fully saturated rings. The van der Waals surface area contributed by atoms with E-state index in [1.54, 1.807) is 10.8 Å². The van der Waals surface area contributed by atoms with Gasteiger partial charge in [-0.05, 0) is 13.3 Å². The first kappa shape index (κ1) is 12.8. The SMILES string of the molecule is CCCn1ccc(=O)n(Cc2csc(C)n2)c1=O. The fourth-order valence-electron chi connectivity index (χ4n) is 1.76. The topological polar surface area (TPSA) is 56.9 Å². The van der Waals surface area contributed by atoms with E-state index in [-0.39, 0.29) is 17.8 Å². The predicted octanol–water partition coefficient (Wildman–Crippen LogP) is 1.23. The van der Waals surface area contributed by atoms with Gasteiger partial charge in [0.1, 0.15) is 0 Å². The Morgan fingerprint density at radius 2 is 2.17 bits per heavy atom.